The number of carbonyl (C=O) groups excluding carboxylic acids is 1. The van der Waals surface area contributed by atoms with Gasteiger partial charge in [-0.15, -0.1) is 11.3 Å². The monoisotopic (exact) mass is 382 g/mol. The summed E-state index contributed by atoms with van der Waals surface area (Å²) in [5.74, 6) is 2.02. The first-order chi connectivity index (χ1) is 13.2. The molecule has 0 bridgehead atoms. The number of nitrogens with zero attached hydrogens (tertiary/aromatic N) is 1. The lowest BCUT2D eigenvalue weighted by molar-refractivity contribution is -0.115. The highest BCUT2D eigenvalue weighted by Gasteiger charge is 2.13. The molecule has 1 N–H and O–H groups in total. The Morgan fingerprint density at radius 3 is 2.96 bits per heavy atom. The summed E-state index contributed by atoms with van der Waals surface area (Å²) in [6.07, 6.45) is 0.266. The zero-order valence-corrected chi connectivity index (χ0v) is 15.5. The molecule has 6 nitrogen and oxygen atoms in total. The van der Waals surface area contributed by atoms with Crippen LogP contribution in [0.15, 0.2) is 47.8 Å². The van der Waals surface area contributed by atoms with Crippen molar-refractivity contribution in [3.8, 4) is 17.2 Å². The molecule has 0 spiro atoms. The summed E-state index contributed by atoms with van der Waals surface area (Å²) in [5, 5.41) is 5.77. The maximum atomic E-state index is 12.2. The third kappa shape index (κ3) is 4.38. The minimum absolute atomic E-state index is 0.0888. The van der Waals surface area contributed by atoms with Gasteiger partial charge >= 0.3 is 0 Å². The number of carbonyl (C=O) groups is 1. The van der Waals surface area contributed by atoms with E-state index in [0.29, 0.717) is 18.1 Å². The van der Waals surface area contributed by atoms with Crippen molar-refractivity contribution >= 4 is 22.9 Å². The van der Waals surface area contributed by atoms with E-state index >= 15 is 0 Å². The van der Waals surface area contributed by atoms with Crippen molar-refractivity contribution < 1.29 is 19.0 Å². The van der Waals surface area contributed by atoms with Crippen LogP contribution in [0.1, 0.15) is 16.3 Å². The molecule has 0 aliphatic carbocycles. The number of rotatable bonds is 6. The molecule has 138 valence electrons. The minimum Gasteiger partial charge on any atom is -0.489 e. The maximum Gasteiger partial charge on any atom is 0.231 e. The third-order valence-corrected chi connectivity index (χ3v) is 4.79. The molecule has 1 aliphatic rings. The minimum atomic E-state index is -0.0888. The van der Waals surface area contributed by atoms with E-state index in [-0.39, 0.29) is 19.1 Å². The molecule has 2 heterocycles. The molecule has 3 aromatic rings. The van der Waals surface area contributed by atoms with Gasteiger partial charge in [0.15, 0.2) is 11.5 Å². The van der Waals surface area contributed by atoms with E-state index in [1.165, 1.54) is 0 Å². The largest absolute Gasteiger partial charge is 0.489 e. The zero-order chi connectivity index (χ0) is 18.6. The van der Waals surface area contributed by atoms with Crippen molar-refractivity contribution in [3.63, 3.8) is 0 Å². The Balaban J connectivity index is 1.35. The number of thiazole rings is 1. The molecule has 0 atom stereocenters. The van der Waals surface area contributed by atoms with Crippen LogP contribution in [0.2, 0.25) is 0 Å². The fourth-order valence-corrected chi connectivity index (χ4v) is 3.34. The van der Waals surface area contributed by atoms with Gasteiger partial charge in [-0.3, -0.25) is 4.79 Å². The number of amides is 1. The summed E-state index contributed by atoms with van der Waals surface area (Å²) >= 11 is 1.54. The lowest BCUT2D eigenvalue weighted by Gasteiger charge is -2.09. The highest BCUT2D eigenvalue weighted by molar-refractivity contribution is 7.09. The van der Waals surface area contributed by atoms with Gasteiger partial charge in [-0.2, -0.15) is 0 Å². The van der Waals surface area contributed by atoms with Crippen molar-refractivity contribution in [2.75, 3.05) is 12.1 Å². The Hall–Kier alpha value is -3.06. The number of hydrogen-bond acceptors (Lipinski definition) is 6. The molecule has 4 rings (SSSR count). The molecule has 2 aromatic carbocycles. The van der Waals surface area contributed by atoms with E-state index in [1.54, 1.807) is 11.3 Å². The summed E-state index contributed by atoms with van der Waals surface area (Å²) in [6.45, 7) is 2.55. The Kier molecular flexibility index (Phi) is 4.93. The fraction of sp³-hybridized carbons (Fsp3) is 0.200. The number of nitrogens with one attached hydrogen (secondary N) is 1. The number of aromatic nitrogens is 1. The van der Waals surface area contributed by atoms with Gasteiger partial charge < -0.3 is 19.5 Å². The molecule has 1 amide bonds. The van der Waals surface area contributed by atoms with E-state index in [9.17, 15) is 4.79 Å². The van der Waals surface area contributed by atoms with Crippen molar-refractivity contribution in [1.29, 1.82) is 0 Å². The van der Waals surface area contributed by atoms with Crippen LogP contribution in [-0.2, 0) is 17.8 Å². The highest BCUT2D eigenvalue weighted by Crippen LogP contribution is 2.35. The second kappa shape index (κ2) is 7.67. The van der Waals surface area contributed by atoms with E-state index < -0.39 is 0 Å². The summed E-state index contributed by atoms with van der Waals surface area (Å²) < 4.78 is 16.5. The van der Waals surface area contributed by atoms with Crippen LogP contribution in [-0.4, -0.2) is 17.7 Å². The number of hydrogen-bond donors (Lipinski definition) is 1. The Labute approximate surface area is 160 Å². The first kappa shape index (κ1) is 17.4. The predicted octanol–water partition coefficient (Wildman–Crippen LogP) is 3.94. The van der Waals surface area contributed by atoms with Crippen molar-refractivity contribution in [3.05, 3.63) is 64.1 Å². The molecular formula is C20H18N2O4S. The van der Waals surface area contributed by atoms with Gasteiger partial charge in [0.2, 0.25) is 12.7 Å². The molecule has 27 heavy (non-hydrogen) atoms. The number of ether oxygens (including phenoxy) is 3. The summed E-state index contributed by atoms with van der Waals surface area (Å²) in [6, 6.07) is 13.1. The van der Waals surface area contributed by atoms with Gasteiger partial charge in [0, 0.05) is 17.1 Å². The lowest BCUT2D eigenvalue weighted by Crippen LogP contribution is -2.14. The smallest absolute Gasteiger partial charge is 0.231 e. The number of benzene rings is 2. The summed E-state index contributed by atoms with van der Waals surface area (Å²) in [4.78, 5) is 16.5. The zero-order valence-electron chi connectivity index (χ0n) is 14.7. The van der Waals surface area contributed by atoms with Crippen LogP contribution in [0, 0.1) is 6.92 Å². The van der Waals surface area contributed by atoms with E-state index in [4.69, 9.17) is 14.2 Å². The van der Waals surface area contributed by atoms with Crippen molar-refractivity contribution in [2.45, 2.75) is 20.0 Å². The average molecular weight is 382 g/mol. The van der Waals surface area contributed by atoms with Crippen LogP contribution >= 0.6 is 11.3 Å². The fourth-order valence-electron chi connectivity index (χ4n) is 2.73. The molecule has 0 saturated carbocycles. The molecular weight excluding hydrogens is 364 g/mol. The molecule has 0 saturated heterocycles. The lowest BCUT2D eigenvalue weighted by atomic mass is 10.2. The van der Waals surface area contributed by atoms with Crippen LogP contribution in [0.5, 0.6) is 17.2 Å². The van der Waals surface area contributed by atoms with Crippen LogP contribution in [0.25, 0.3) is 0 Å². The molecule has 0 fully saturated rings. The maximum absolute atomic E-state index is 12.2. The SMILES string of the molecule is Cc1nc(CC(=O)Nc2cccc(COc3ccc4c(c3)OCO4)c2)cs1. The van der Waals surface area contributed by atoms with Gasteiger partial charge in [-0.05, 0) is 36.8 Å². The van der Waals surface area contributed by atoms with Gasteiger partial charge in [0.05, 0.1) is 17.1 Å². The first-order valence-electron chi connectivity index (χ1n) is 8.48. The number of anilines is 1. The van der Waals surface area contributed by atoms with Crippen molar-refractivity contribution in [2.24, 2.45) is 0 Å². The number of fused-ring (bicyclic) bond motifs is 1. The topological polar surface area (TPSA) is 69.7 Å². The van der Waals surface area contributed by atoms with Gasteiger partial charge in [-0.25, -0.2) is 4.98 Å². The second-order valence-corrected chi connectivity index (χ2v) is 7.15. The van der Waals surface area contributed by atoms with Crippen LogP contribution in [0.3, 0.4) is 0 Å². The van der Waals surface area contributed by atoms with Gasteiger partial charge in [0.1, 0.15) is 12.4 Å². The standard InChI is InChI=1S/C20H18N2O4S/c1-13-21-16(11-27-13)8-20(23)22-15-4-2-3-14(7-15)10-24-17-5-6-18-19(9-17)26-12-25-18/h2-7,9,11H,8,10,12H2,1H3,(H,22,23). The first-order valence-corrected chi connectivity index (χ1v) is 9.36. The van der Waals surface area contributed by atoms with Crippen LogP contribution < -0.4 is 19.5 Å². The second-order valence-electron chi connectivity index (χ2n) is 6.09. The third-order valence-electron chi connectivity index (χ3n) is 3.97. The van der Waals surface area contributed by atoms with Gasteiger partial charge in [-0.1, -0.05) is 12.1 Å². The summed E-state index contributed by atoms with van der Waals surface area (Å²) in [7, 11) is 0. The highest BCUT2D eigenvalue weighted by atomic mass is 32.1. The molecule has 1 aromatic heterocycles. The molecule has 0 unspecified atom stereocenters. The molecule has 0 radical (unpaired) electrons. The van der Waals surface area contributed by atoms with Crippen LogP contribution in [0.4, 0.5) is 5.69 Å². The Morgan fingerprint density at radius 2 is 2.11 bits per heavy atom. The molecule has 7 heteroatoms. The van der Waals surface area contributed by atoms with E-state index in [2.05, 4.69) is 10.3 Å². The van der Waals surface area contributed by atoms with E-state index in [1.807, 2.05) is 54.8 Å². The predicted molar refractivity (Wildman–Crippen MR) is 103 cm³/mol. The quantitative estimate of drug-likeness (QED) is 0.699. The average Bonchev–Trinajstić information content (AvgIpc) is 3.28. The van der Waals surface area contributed by atoms with Gasteiger partial charge in [0.25, 0.3) is 0 Å². The van der Waals surface area contributed by atoms with E-state index in [0.717, 1.165) is 27.7 Å². The summed E-state index contributed by atoms with van der Waals surface area (Å²) in [5.41, 5.74) is 2.48. The van der Waals surface area contributed by atoms with Crippen molar-refractivity contribution in [1.82, 2.24) is 4.98 Å². The Bertz CT molecular complexity index is 970. The number of aryl methyl sites for hydroxylation is 1. The normalized spacial score (nSPS) is 12.0. The molecule has 1 aliphatic heterocycles. The Morgan fingerprint density at radius 1 is 1.22 bits per heavy atom.